The summed E-state index contributed by atoms with van der Waals surface area (Å²) < 4.78 is 36.8. The van der Waals surface area contributed by atoms with E-state index in [-0.39, 0.29) is 24.5 Å². The van der Waals surface area contributed by atoms with Gasteiger partial charge >= 0.3 is 6.18 Å². The first kappa shape index (κ1) is 14.7. The zero-order chi connectivity index (χ0) is 14.5. The Morgan fingerprint density at radius 3 is 2.63 bits per heavy atom. The molecule has 9 heteroatoms. The fourth-order valence-corrected chi connectivity index (χ4v) is 1.14. The smallest absolute Gasteiger partial charge is 0.409 e. The molecule has 0 aliphatic rings. The lowest BCUT2D eigenvalue weighted by atomic mass is 10.2. The first-order valence-corrected chi connectivity index (χ1v) is 5.12. The lowest BCUT2D eigenvalue weighted by Crippen LogP contribution is -2.28. The number of carbonyl (C=O) groups excluding carboxylic acids is 1. The third-order valence-corrected chi connectivity index (χ3v) is 2.12. The van der Waals surface area contributed by atoms with Crippen LogP contribution in [0.5, 0.6) is 0 Å². The van der Waals surface area contributed by atoms with Crippen molar-refractivity contribution in [2.24, 2.45) is 10.9 Å². The number of amides is 1. The number of alkyl halides is 3. The molecule has 1 aromatic heterocycles. The van der Waals surface area contributed by atoms with Crippen LogP contribution in [-0.2, 0) is 6.18 Å². The van der Waals surface area contributed by atoms with E-state index >= 15 is 0 Å². The molecule has 0 aliphatic carbocycles. The van der Waals surface area contributed by atoms with E-state index in [1.165, 1.54) is 0 Å². The lowest BCUT2D eigenvalue weighted by molar-refractivity contribution is -0.137. The summed E-state index contributed by atoms with van der Waals surface area (Å²) in [5.41, 5.74) is 4.10. The number of nitrogens with zero attached hydrogens (tertiary/aromatic N) is 2. The molecule has 0 bridgehead atoms. The minimum Gasteiger partial charge on any atom is -0.409 e. The first-order valence-electron chi connectivity index (χ1n) is 5.12. The third-order valence-electron chi connectivity index (χ3n) is 2.12. The second-order valence-corrected chi connectivity index (χ2v) is 3.53. The summed E-state index contributed by atoms with van der Waals surface area (Å²) in [6, 6.07) is 1.74. The molecule has 104 valence electrons. The predicted molar refractivity (Wildman–Crippen MR) is 59.6 cm³/mol. The SMILES string of the molecule is N/C(CCNC(=O)c1ccc(C(F)(F)F)cn1)=N/O. The second kappa shape index (κ2) is 6.03. The van der Waals surface area contributed by atoms with Crippen LogP contribution in [0, 0.1) is 0 Å². The predicted octanol–water partition coefficient (Wildman–Crippen LogP) is 0.967. The Morgan fingerprint density at radius 2 is 2.16 bits per heavy atom. The first-order chi connectivity index (χ1) is 8.84. The number of halogens is 3. The summed E-state index contributed by atoms with van der Waals surface area (Å²) >= 11 is 0. The molecule has 0 saturated carbocycles. The van der Waals surface area contributed by atoms with Crippen molar-refractivity contribution in [3.8, 4) is 0 Å². The number of rotatable bonds is 4. The second-order valence-electron chi connectivity index (χ2n) is 3.53. The lowest BCUT2D eigenvalue weighted by Gasteiger charge is -2.07. The minimum atomic E-state index is -4.49. The Hall–Kier alpha value is -2.32. The van der Waals surface area contributed by atoms with Crippen molar-refractivity contribution in [2.45, 2.75) is 12.6 Å². The molecule has 0 radical (unpaired) electrons. The van der Waals surface area contributed by atoms with Gasteiger partial charge in [-0.2, -0.15) is 13.2 Å². The molecule has 0 aliphatic heterocycles. The van der Waals surface area contributed by atoms with Crippen molar-refractivity contribution in [3.05, 3.63) is 29.6 Å². The highest BCUT2D eigenvalue weighted by atomic mass is 19.4. The highest BCUT2D eigenvalue weighted by molar-refractivity contribution is 5.92. The fourth-order valence-electron chi connectivity index (χ4n) is 1.14. The van der Waals surface area contributed by atoms with Gasteiger partial charge in [0, 0.05) is 19.2 Å². The molecule has 0 atom stereocenters. The molecule has 19 heavy (non-hydrogen) atoms. The molecule has 0 unspecified atom stereocenters. The van der Waals surface area contributed by atoms with Crippen LogP contribution in [0.25, 0.3) is 0 Å². The van der Waals surface area contributed by atoms with Gasteiger partial charge < -0.3 is 16.3 Å². The summed E-state index contributed by atoms with van der Waals surface area (Å²) in [6.45, 7) is 0.0808. The summed E-state index contributed by atoms with van der Waals surface area (Å²) in [5, 5.41) is 13.3. The number of oxime groups is 1. The van der Waals surface area contributed by atoms with E-state index in [0.29, 0.717) is 6.20 Å². The average molecular weight is 276 g/mol. The van der Waals surface area contributed by atoms with Crippen molar-refractivity contribution in [3.63, 3.8) is 0 Å². The summed E-state index contributed by atoms with van der Waals surface area (Å²) in [6.07, 6.45) is -3.80. The van der Waals surface area contributed by atoms with Gasteiger partial charge in [0.2, 0.25) is 0 Å². The summed E-state index contributed by atoms with van der Waals surface area (Å²) in [4.78, 5) is 14.9. The Morgan fingerprint density at radius 1 is 1.47 bits per heavy atom. The minimum absolute atomic E-state index is 0.0688. The molecule has 0 saturated heterocycles. The standard InChI is InChI=1S/C10H11F3N4O2/c11-10(12,13)6-1-2-7(16-5-6)9(18)15-4-3-8(14)17-19/h1-2,5,19H,3-4H2,(H2,14,17)(H,15,18). The Kier molecular flexibility index (Phi) is 4.67. The molecule has 1 amide bonds. The van der Waals surface area contributed by atoms with Crippen LogP contribution in [0.2, 0.25) is 0 Å². The normalized spacial score (nSPS) is 12.3. The molecule has 1 heterocycles. The number of aromatic nitrogens is 1. The Balaban J connectivity index is 2.59. The van der Waals surface area contributed by atoms with E-state index in [1.807, 2.05) is 0 Å². The number of carbonyl (C=O) groups is 1. The van der Waals surface area contributed by atoms with Crippen LogP contribution in [0.1, 0.15) is 22.5 Å². The van der Waals surface area contributed by atoms with Gasteiger partial charge in [-0.25, -0.2) is 0 Å². The van der Waals surface area contributed by atoms with E-state index < -0.39 is 17.6 Å². The molecule has 0 fully saturated rings. The zero-order valence-corrected chi connectivity index (χ0v) is 9.61. The van der Waals surface area contributed by atoms with Crippen LogP contribution < -0.4 is 11.1 Å². The molecule has 1 aromatic rings. The number of hydrogen-bond acceptors (Lipinski definition) is 4. The Bertz CT molecular complexity index is 471. The van der Waals surface area contributed by atoms with Crippen molar-refractivity contribution < 1.29 is 23.2 Å². The molecule has 4 N–H and O–H groups in total. The van der Waals surface area contributed by atoms with Crippen LogP contribution >= 0.6 is 0 Å². The fraction of sp³-hybridized carbons (Fsp3) is 0.300. The van der Waals surface area contributed by atoms with Gasteiger partial charge in [0.25, 0.3) is 5.91 Å². The van der Waals surface area contributed by atoms with Gasteiger partial charge in [-0.05, 0) is 12.1 Å². The van der Waals surface area contributed by atoms with Crippen molar-refractivity contribution in [1.82, 2.24) is 10.3 Å². The van der Waals surface area contributed by atoms with Crippen molar-refractivity contribution >= 4 is 11.7 Å². The van der Waals surface area contributed by atoms with E-state index in [4.69, 9.17) is 10.9 Å². The van der Waals surface area contributed by atoms with Gasteiger partial charge in [-0.3, -0.25) is 9.78 Å². The van der Waals surface area contributed by atoms with Crippen LogP contribution in [-0.4, -0.2) is 28.5 Å². The van der Waals surface area contributed by atoms with Crippen LogP contribution in [0.3, 0.4) is 0 Å². The topological polar surface area (TPSA) is 101 Å². The average Bonchev–Trinajstić information content (AvgIpc) is 2.37. The Labute approximate surface area is 106 Å². The maximum absolute atomic E-state index is 12.3. The molecule has 6 nitrogen and oxygen atoms in total. The highest BCUT2D eigenvalue weighted by Crippen LogP contribution is 2.28. The summed E-state index contributed by atoms with van der Waals surface area (Å²) in [5.74, 6) is -0.708. The van der Waals surface area contributed by atoms with Crippen LogP contribution in [0.15, 0.2) is 23.5 Å². The number of amidine groups is 1. The maximum Gasteiger partial charge on any atom is 0.417 e. The molecular formula is C10H11F3N4O2. The van der Waals surface area contributed by atoms with Gasteiger partial charge in [0.1, 0.15) is 11.5 Å². The largest absolute Gasteiger partial charge is 0.417 e. The quantitative estimate of drug-likeness (QED) is 0.330. The van der Waals surface area contributed by atoms with E-state index in [2.05, 4.69) is 15.5 Å². The summed E-state index contributed by atoms with van der Waals surface area (Å²) in [7, 11) is 0. The molecule has 0 aromatic carbocycles. The van der Waals surface area contributed by atoms with Gasteiger partial charge in [-0.15, -0.1) is 0 Å². The number of hydrogen-bond donors (Lipinski definition) is 3. The number of nitrogens with two attached hydrogens (primary N) is 1. The maximum atomic E-state index is 12.3. The van der Waals surface area contributed by atoms with E-state index in [0.717, 1.165) is 12.1 Å². The van der Waals surface area contributed by atoms with E-state index in [1.54, 1.807) is 0 Å². The van der Waals surface area contributed by atoms with Gasteiger partial charge in [-0.1, -0.05) is 5.16 Å². The molecule has 1 rings (SSSR count). The third kappa shape index (κ3) is 4.45. The monoisotopic (exact) mass is 276 g/mol. The zero-order valence-electron chi connectivity index (χ0n) is 9.61. The number of nitrogens with one attached hydrogen (secondary N) is 1. The van der Waals surface area contributed by atoms with Crippen molar-refractivity contribution in [2.75, 3.05) is 6.54 Å². The van der Waals surface area contributed by atoms with Crippen molar-refractivity contribution in [1.29, 1.82) is 0 Å². The number of pyridine rings is 1. The highest BCUT2D eigenvalue weighted by Gasteiger charge is 2.30. The van der Waals surface area contributed by atoms with Gasteiger partial charge in [0.15, 0.2) is 0 Å². The van der Waals surface area contributed by atoms with Crippen LogP contribution in [0.4, 0.5) is 13.2 Å². The van der Waals surface area contributed by atoms with Gasteiger partial charge in [0.05, 0.1) is 5.56 Å². The molecular weight excluding hydrogens is 265 g/mol. The molecule has 0 spiro atoms. The van der Waals surface area contributed by atoms with E-state index in [9.17, 15) is 18.0 Å².